The van der Waals surface area contributed by atoms with Gasteiger partial charge in [-0.2, -0.15) is 8.78 Å². The fraction of sp³-hybridized carbons (Fsp3) is 0.467. The lowest BCUT2D eigenvalue weighted by atomic mass is 9.97. The van der Waals surface area contributed by atoms with E-state index in [-0.39, 0.29) is 24.3 Å². The normalized spacial score (nSPS) is 21.2. The number of thioether (sulfide) groups is 1. The standard InChI is InChI=1S/C15H19F2N3O2S/c16-15(17)23-12-5-3-11(4-6-12)19-13(21)9-20-7-1-2-10(8-20)14(18)22/h3-6,10,15H,1-2,7-9H2,(H2,18,22)(H,19,21)/p+1/t10-/m0/s1. The van der Waals surface area contributed by atoms with Gasteiger partial charge in [0.1, 0.15) is 0 Å². The number of hydrogen-bond acceptors (Lipinski definition) is 3. The maximum Gasteiger partial charge on any atom is 0.288 e. The van der Waals surface area contributed by atoms with Crippen LogP contribution in [0.3, 0.4) is 0 Å². The Bertz CT molecular complexity index is 554. The zero-order valence-electron chi connectivity index (χ0n) is 12.6. The number of benzene rings is 1. The lowest BCUT2D eigenvalue weighted by molar-refractivity contribution is -0.899. The Balaban J connectivity index is 1.83. The summed E-state index contributed by atoms with van der Waals surface area (Å²) in [6, 6.07) is 6.29. The first kappa shape index (κ1) is 17.7. The van der Waals surface area contributed by atoms with Gasteiger partial charge in [0, 0.05) is 10.6 Å². The summed E-state index contributed by atoms with van der Waals surface area (Å²) in [5, 5.41) is 2.74. The number of amides is 2. The number of anilines is 1. The van der Waals surface area contributed by atoms with Crippen LogP contribution in [0, 0.1) is 5.92 Å². The highest BCUT2D eigenvalue weighted by atomic mass is 32.2. The second-order valence-electron chi connectivity index (χ2n) is 5.57. The molecule has 1 aliphatic rings. The number of piperidine rings is 1. The molecule has 0 saturated carbocycles. The third-order valence-electron chi connectivity index (χ3n) is 3.79. The first-order valence-corrected chi connectivity index (χ1v) is 8.29. The van der Waals surface area contributed by atoms with Gasteiger partial charge >= 0.3 is 0 Å². The second kappa shape index (κ2) is 8.26. The van der Waals surface area contributed by atoms with Gasteiger partial charge in [0.25, 0.3) is 11.7 Å². The predicted molar refractivity (Wildman–Crippen MR) is 84.4 cm³/mol. The third kappa shape index (κ3) is 5.80. The van der Waals surface area contributed by atoms with Crippen molar-refractivity contribution in [2.75, 3.05) is 25.0 Å². The molecule has 4 N–H and O–H groups in total. The Morgan fingerprint density at radius 1 is 1.35 bits per heavy atom. The SMILES string of the molecule is NC(=O)[C@H]1CCC[NH+](CC(=O)Nc2ccc(SC(F)F)cc2)C1. The number of nitrogens with two attached hydrogens (primary N) is 1. The molecule has 1 aliphatic heterocycles. The Labute approximate surface area is 137 Å². The molecule has 1 unspecified atom stereocenters. The molecule has 1 aromatic rings. The molecule has 0 aromatic heterocycles. The molecule has 1 fully saturated rings. The molecule has 0 bridgehead atoms. The van der Waals surface area contributed by atoms with Crippen LogP contribution in [0.5, 0.6) is 0 Å². The molecule has 0 aliphatic carbocycles. The molecule has 1 heterocycles. The number of likely N-dealkylation sites (tertiary alicyclic amines) is 1. The smallest absolute Gasteiger partial charge is 0.288 e. The third-order valence-corrected chi connectivity index (χ3v) is 4.52. The zero-order chi connectivity index (χ0) is 16.8. The van der Waals surface area contributed by atoms with Crippen molar-refractivity contribution < 1.29 is 23.3 Å². The van der Waals surface area contributed by atoms with Crippen LogP contribution in [0.25, 0.3) is 0 Å². The van der Waals surface area contributed by atoms with Crippen LogP contribution in [0.2, 0.25) is 0 Å². The van der Waals surface area contributed by atoms with E-state index in [1.807, 2.05) is 0 Å². The van der Waals surface area contributed by atoms with Crippen LogP contribution in [0.15, 0.2) is 29.2 Å². The maximum absolute atomic E-state index is 12.2. The monoisotopic (exact) mass is 344 g/mol. The number of alkyl halides is 2. The van der Waals surface area contributed by atoms with Crippen molar-refractivity contribution in [2.45, 2.75) is 23.5 Å². The lowest BCUT2D eigenvalue weighted by Gasteiger charge is -2.27. The second-order valence-corrected chi connectivity index (χ2v) is 6.64. The molecule has 0 radical (unpaired) electrons. The van der Waals surface area contributed by atoms with Crippen LogP contribution in [-0.4, -0.2) is 37.2 Å². The molecule has 5 nitrogen and oxygen atoms in total. The Kier molecular flexibility index (Phi) is 6.35. The molecule has 0 spiro atoms. The van der Waals surface area contributed by atoms with Crippen LogP contribution in [0.4, 0.5) is 14.5 Å². The molecule has 2 atom stereocenters. The zero-order valence-corrected chi connectivity index (χ0v) is 13.4. The first-order chi connectivity index (χ1) is 10.9. The topological polar surface area (TPSA) is 76.6 Å². The Morgan fingerprint density at radius 2 is 2.04 bits per heavy atom. The van der Waals surface area contributed by atoms with E-state index in [1.165, 1.54) is 0 Å². The minimum Gasteiger partial charge on any atom is -0.369 e. The molecule has 1 aromatic carbocycles. The molecular weight excluding hydrogens is 324 g/mol. The number of primary amides is 1. The number of nitrogens with one attached hydrogen (secondary N) is 2. The van der Waals surface area contributed by atoms with Crippen molar-refractivity contribution >= 4 is 29.3 Å². The van der Waals surface area contributed by atoms with Gasteiger partial charge in [0.2, 0.25) is 5.91 Å². The average molecular weight is 344 g/mol. The highest BCUT2D eigenvalue weighted by Crippen LogP contribution is 2.26. The number of carbonyl (C=O) groups excluding carboxylic acids is 2. The molecule has 2 amide bonds. The number of quaternary nitrogens is 1. The van der Waals surface area contributed by atoms with E-state index in [2.05, 4.69) is 5.32 Å². The van der Waals surface area contributed by atoms with E-state index in [1.54, 1.807) is 24.3 Å². The Hall–Kier alpha value is -1.67. The number of carbonyl (C=O) groups is 2. The van der Waals surface area contributed by atoms with Crippen LogP contribution < -0.4 is 16.0 Å². The van der Waals surface area contributed by atoms with Gasteiger partial charge in [-0.25, -0.2) is 0 Å². The summed E-state index contributed by atoms with van der Waals surface area (Å²) in [6.45, 7) is 1.67. The fourth-order valence-corrected chi connectivity index (χ4v) is 3.21. The van der Waals surface area contributed by atoms with Gasteiger partial charge in [0.15, 0.2) is 6.54 Å². The van der Waals surface area contributed by atoms with E-state index in [0.29, 0.717) is 28.9 Å². The van der Waals surface area contributed by atoms with E-state index >= 15 is 0 Å². The van der Waals surface area contributed by atoms with Gasteiger partial charge in [-0.05, 0) is 37.1 Å². The van der Waals surface area contributed by atoms with Crippen LogP contribution >= 0.6 is 11.8 Å². The van der Waals surface area contributed by atoms with Crippen molar-refractivity contribution in [3.05, 3.63) is 24.3 Å². The largest absolute Gasteiger partial charge is 0.369 e. The number of hydrogen-bond donors (Lipinski definition) is 3. The highest BCUT2D eigenvalue weighted by molar-refractivity contribution is 7.99. The fourth-order valence-electron chi connectivity index (χ4n) is 2.71. The van der Waals surface area contributed by atoms with Gasteiger partial charge < -0.3 is 16.0 Å². The van der Waals surface area contributed by atoms with Crippen molar-refractivity contribution in [2.24, 2.45) is 11.7 Å². The van der Waals surface area contributed by atoms with E-state index in [4.69, 9.17) is 5.73 Å². The predicted octanol–water partition coefficient (Wildman–Crippen LogP) is 0.720. The summed E-state index contributed by atoms with van der Waals surface area (Å²) in [5.41, 5.74) is 5.89. The summed E-state index contributed by atoms with van der Waals surface area (Å²) >= 11 is 0.463. The van der Waals surface area contributed by atoms with Gasteiger partial charge in [-0.1, -0.05) is 11.8 Å². The lowest BCUT2D eigenvalue weighted by Crippen LogP contribution is -3.14. The minimum atomic E-state index is -2.46. The van der Waals surface area contributed by atoms with E-state index in [9.17, 15) is 18.4 Å². The highest BCUT2D eigenvalue weighted by Gasteiger charge is 2.28. The molecular formula is C15H20F2N3O2S+. The summed E-state index contributed by atoms with van der Waals surface area (Å²) < 4.78 is 24.5. The number of rotatable bonds is 6. The van der Waals surface area contributed by atoms with E-state index < -0.39 is 5.76 Å². The van der Waals surface area contributed by atoms with Gasteiger partial charge in [-0.3, -0.25) is 9.59 Å². The van der Waals surface area contributed by atoms with E-state index in [0.717, 1.165) is 24.3 Å². The maximum atomic E-state index is 12.2. The van der Waals surface area contributed by atoms with Crippen molar-refractivity contribution in [3.8, 4) is 0 Å². The minimum absolute atomic E-state index is 0.167. The summed E-state index contributed by atoms with van der Waals surface area (Å²) in [4.78, 5) is 24.8. The quantitative estimate of drug-likeness (QED) is 0.666. The summed E-state index contributed by atoms with van der Waals surface area (Å²) in [5.74, 6) is -3.11. The van der Waals surface area contributed by atoms with Crippen LogP contribution in [0.1, 0.15) is 12.8 Å². The number of halogens is 2. The molecule has 8 heteroatoms. The van der Waals surface area contributed by atoms with Crippen LogP contribution in [-0.2, 0) is 9.59 Å². The van der Waals surface area contributed by atoms with Gasteiger partial charge in [0.05, 0.1) is 19.0 Å². The Morgan fingerprint density at radius 3 is 2.65 bits per heavy atom. The van der Waals surface area contributed by atoms with Crippen molar-refractivity contribution in [3.63, 3.8) is 0 Å². The van der Waals surface area contributed by atoms with Gasteiger partial charge in [-0.15, -0.1) is 0 Å². The van der Waals surface area contributed by atoms with Crippen molar-refractivity contribution in [1.82, 2.24) is 0 Å². The summed E-state index contributed by atoms with van der Waals surface area (Å²) in [6.07, 6.45) is 1.65. The average Bonchev–Trinajstić information content (AvgIpc) is 2.49. The molecule has 126 valence electrons. The molecule has 1 saturated heterocycles. The summed E-state index contributed by atoms with van der Waals surface area (Å²) in [7, 11) is 0. The molecule has 2 rings (SSSR count). The first-order valence-electron chi connectivity index (χ1n) is 7.41. The van der Waals surface area contributed by atoms with Crippen molar-refractivity contribution in [1.29, 1.82) is 0 Å². The molecule has 23 heavy (non-hydrogen) atoms.